The summed E-state index contributed by atoms with van der Waals surface area (Å²) in [5.74, 6) is -1.10. The van der Waals surface area contributed by atoms with Crippen LogP contribution in [0.15, 0.2) is 4.47 Å². The van der Waals surface area contributed by atoms with E-state index in [1.807, 2.05) is 4.98 Å². The van der Waals surface area contributed by atoms with Gasteiger partial charge in [-0.05, 0) is 35.3 Å². The van der Waals surface area contributed by atoms with Crippen LogP contribution in [-0.2, 0) is 20.5 Å². The van der Waals surface area contributed by atoms with E-state index < -0.39 is 17.8 Å². The summed E-state index contributed by atoms with van der Waals surface area (Å²) in [5, 5.41) is 0. The molecule has 24 heavy (non-hydrogen) atoms. The number of hydrogen-bond acceptors (Lipinski definition) is 4. The molecule has 1 saturated heterocycles. The van der Waals surface area contributed by atoms with Gasteiger partial charge in [-0.1, -0.05) is 0 Å². The number of nitrogens with zero attached hydrogens (tertiary/aromatic N) is 1. The van der Waals surface area contributed by atoms with E-state index in [1.165, 1.54) is 6.92 Å². The maximum atomic E-state index is 12.5. The Hall–Kier alpha value is -1.36. The molecule has 1 aromatic heterocycles. The van der Waals surface area contributed by atoms with E-state index >= 15 is 0 Å². The van der Waals surface area contributed by atoms with Crippen LogP contribution in [0.1, 0.15) is 41.5 Å². The molecule has 11 heteroatoms. The lowest BCUT2D eigenvalue weighted by Gasteiger charge is -2.04. The molecule has 0 saturated carbocycles. The van der Waals surface area contributed by atoms with Crippen molar-refractivity contribution >= 4 is 49.9 Å². The number of amides is 2. The Morgan fingerprint density at radius 1 is 1.29 bits per heavy atom. The van der Waals surface area contributed by atoms with Crippen LogP contribution < -0.4 is 0 Å². The minimum Gasteiger partial charge on any atom is -0.461 e. The fraction of sp³-hybridized carbons (Fsp3) is 0.462. The van der Waals surface area contributed by atoms with Gasteiger partial charge in [-0.2, -0.15) is 13.2 Å². The number of carbonyl (C=O) groups is 3. The smallest absolute Gasteiger partial charge is 0.431 e. The summed E-state index contributed by atoms with van der Waals surface area (Å²) in [6.07, 6.45) is -3.81. The molecule has 134 valence electrons. The molecule has 0 aliphatic carbocycles. The second kappa shape index (κ2) is 8.15. The number of nitrogens with one attached hydrogen (secondary N) is 1. The zero-order chi connectivity index (χ0) is 18.7. The van der Waals surface area contributed by atoms with Crippen molar-refractivity contribution in [2.45, 2.75) is 32.9 Å². The van der Waals surface area contributed by atoms with Gasteiger partial charge in [0, 0.05) is 12.8 Å². The van der Waals surface area contributed by atoms with Crippen LogP contribution in [0.5, 0.6) is 0 Å². The SMILES string of the molecule is CCOC(=O)c1[nH]c(C(F)(F)F)c(C)c1Br.O=C1CCC(=O)N1Br. The first-order chi connectivity index (χ1) is 11.0. The van der Waals surface area contributed by atoms with Crippen LogP contribution >= 0.6 is 32.1 Å². The van der Waals surface area contributed by atoms with Crippen LogP contribution in [0.25, 0.3) is 0 Å². The number of imide groups is 1. The zero-order valence-electron chi connectivity index (χ0n) is 12.6. The van der Waals surface area contributed by atoms with Gasteiger partial charge in [-0.15, -0.1) is 0 Å². The summed E-state index contributed by atoms with van der Waals surface area (Å²) in [4.78, 5) is 34.2. The number of rotatable bonds is 2. The Bertz CT molecular complexity index is 642. The number of hydrogen-bond donors (Lipinski definition) is 1. The molecule has 1 aromatic rings. The van der Waals surface area contributed by atoms with Crippen LogP contribution in [0, 0.1) is 6.92 Å². The molecular weight excluding hydrogens is 465 g/mol. The summed E-state index contributed by atoms with van der Waals surface area (Å²) >= 11 is 5.74. The number of ether oxygens (including phenoxy) is 1. The first-order valence-corrected chi connectivity index (χ1v) is 8.14. The molecule has 0 aromatic carbocycles. The van der Waals surface area contributed by atoms with Gasteiger partial charge in [0.2, 0.25) is 11.8 Å². The predicted octanol–water partition coefficient (Wildman–Crippen LogP) is 3.73. The predicted molar refractivity (Wildman–Crippen MR) is 84.2 cm³/mol. The third kappa shape index (κ3) is 4.82. The van der Waals surface area contributed by atoms with Crippen LogP contribution in [0.4, 0.5) is 13.2 Å². The zero-order valence-corrected chi connectivity index (χ0v) is 15.8. The third-order valence-electron chi connectivity index (χ3n) is 2.93. The molecule has 1 fully saturated rings. The molecule has 2 amide bonds. The fourth-order valence-electron chi connectivity index (χ4n) is 1.75. The molecule has 0 unspecified atom stereocenters. The van der Waals surface area contributed by atoms with Crippen molar-refractivity contribution in [2.24, 2.45) is 0 Å². The van der Waals surface area contributed by atoms with Gasteiger partial charge >= 0.3 is 12.1 Å². The molecule has 0 spiro atoms. The summed E-state index contributed by atoms with van der Waals surface area (Å²) in [5.41, 5.74) is -1.22. The normalized spacial score (nSPS) is 14.5. The van der Waals surface area contributed by atoms with Gasteiger partial charge in [-0.25, -0.2) is 8.72 Å². The summed E-state index contributed by atoms with van der Waals surface area (Å²) < 4.78 is 43.1. The van der Waals surface area contributed by atoms with E-state index in [0.29, 0.717) is 12.8 Å². The van der Waals surface area contributed by atoms with Crippen molar-refractivity contribution in [3.63, 3.8) is 0 Å². The molecule has 6 nitrogen and oxygen atoms in total. The third-order valence-corrected chi connectivity index (χ3v) is 4.71. The summed E-state index contributed by atoms with van der Waals surface area (Å²) in [6.45, 7) is 2.95. The van der Waals surface area contributed by atoms with Crippen molar-refractivity contribution in [2.75, 3.05) is 6.61 Å². The van der Waals surface area contributed by atoms with E-state index in [1.54, 1.807) is 6.92 Å². The van der Waals surface area contributed by atoms with E-state index in [4.69, 9.17) is 0 Å². The van der Waals surface area contributed by atoms with Gasteiger partial charge in [0.25, 0.3) is 0 Å². The molecule has 2 heterocycles. The molecular formula is C13H13Br2F3N2O4. The number of carbonyl (C=O) groups excluding carboxylic acids is 3. The van der Waals surface area contributed by atoms with Gasteiger partial charge < -0.3 is 9.72 Å². The van der Waals surface area contributed by atoms with Crippen molar-refractivity contribution in [3.05, 3.63) is 21.4 Å². The van der Waals surface area contributed by atoms with Crippen molar-refractivity contribution in [3.8, 4) is 0 Å². The van der Waals surface area contributed by atoms with E-state index in [2.05, 4.69) is 36.8 Å². The number of halogens is 5. The van der Waals surface area contributed by atoms with E-state index in [0.717, 1.165) is 3.93 Å². The summed E-state index contributed by atoms with van der Waals surface area (Å²) in [7, 11) is 0. The van der Waals surface area contributed by atoms with Crippen molar-refractivity contribution in [1.82, 2.24) is 8.91 Å². The van der Waals surface area contributed by atoms with Gasteiger partial charge in [-0.3, -0.25) is 9.59 Å². The van der Waals surface area contributed by atoms with E-state index in [-0.39, 0.29) is 34.2 Å². The topological polar surface area (TPSA) is 79.5 Å². The number of aromatic amines is 1. The number of alkyl halides is 3. The molecule has 1 aliphatic heterocycles. The number of H-pyrrole nitrogens is 1. The Morgan fingerprint density at radius 2 is 1.79 bits per heavy atom. The van der Waals surface area contributed by atoms with Crippen LogP contribution in [0.2, 0.25) is 0 Å². The number of esters is 1. The largest absolute Gasteiger partial charge is 0.461 e. The lowest BCUT2D eigenvalue weighted by atomic mass is 10.2. The quantitative estimate of drug-likeness (QED) is 0.400. The van der Waals surface area contributed by atoms with Crippen molar-refractivity contribution in [1.29, 1.82) is 0 Å². The van der Waals surface area contributed by atoms with Gasteiger partial charge in [0.05, 0.1) is 27.2 Å². The molecule has 2 rings (SSSR count). The summed E-state index contributed by atoms with van der Waals surface area (Å²) in [6, 6.07) is 0. The van der Waals surface area contributed by atoms with Gasteiger partial charge in [0.1, 0.15) is 11.4 Å². The molecule has 1 N–H and O–H groups in total. The highest BCUT2D eigenvalue weighted by Gasteiger charge is 2.37. The first kappa shape index (κ1) is 20.7. The highest BCUT2D eigenvalue weighted by molar-refractivity contribution is 9.10. The maximum absolute atomic E-state index is 12.5. The Labute approximate surface area is 152 Å². The minimum atomic E-state index is -4.52. The standard InChI is InChI=1S/C9H9BrF3NO2.C4H4BrNO2/c1-3-16-8(15)6-5(10)4(2)7(14-6)9(11,12)13;5-6-3(7)1-2-4(6)8/h14H,3H2,1-2H3;1-2H2. The second-order valence-electron chi connectivity index (χ2n) is 4.60. The van der Waals surface area contributed by atoms with Gasteiger partial charge in [0.15, 0.2) is 0 Å². The Kier molecular flexibility index (Phi) is 7.02. The van der Waals surface area contributed by atoms with E-state index in [9.17, 15) is 27.6 Å². The molecule has 1 aliphatic rings. The highest BCUT2D eigenvalue weighted by atomic mass is 79.9. The van der Waals surface area contributed by atoms with Crippen molar-refractivity contribution < 1.29 is 32.3 Å². The maximum Gasteiger partial charge on any atom is 0.431 e. The average molecular weight is 478 g/mol. The highest BCUT2D eigenvalue weighted by Crippen LogP contribution is 2.36. The monoisotopic (exact) mass is 476 g/mol. The average Bonchev–Trinajstić information content (AvgIpc) is 2.95. The minimum absolute atomic E-state index is 0.0597. The first-order valence-electron chi connectivity index (χ1n) is 6.64. The van der Waals surface area contributed by atoms with Crippen LogP contribution in [0.3, 0.4) is 0 Å². The fourth-order valence-corrected chi connectivity index (χ4v) is 2.56. The Balaban J connectivity index is 0.000000300. The molecule has 0 atom stereocenters. The number of aromatic nitrogens is 1. The lowest BCUT2D eigenvalue weighted by Crippen LogP contribution is -2.16. The molecule has 0 bridgehead atoms. The Morgan fingerprint density at radius 3 is 2.08 bits per heavy atom. The van der Waals surface area contributed by atoms with Crippen LogP contribution in [-0.4, -0.2) is 33.3 Å². The lowest BCUT2D eigenvalue weighted by molar-refractivity contribution is -0.141. The molecule has 0 radical (unpaired) electrons. The second-order valence-corrected chi connectivity index (χ2v) is 6.10.